The third kappa shape index (κ3) is 4.63. The van der Waals surface area contributed by atoms with E-state index in [0.717, 1.165) is 0 Å². The lowest BCUT2D eigenvalue weighted by atomic mass is 10.1. The largest absolute Gasteiger partial charge is 0.484 e. The van der Waals surface area contributed by atoms with Gasteiger partial charge in [-0.1, -0.05) is 24.3 Å². The second kappa shape index (κ2) is 7.79. The van der Waals surface area contributed by atoms with E-state index < -0.39 is 28.9 Å². The minimum Gasteiger partial charge on any atom is -0.484 e. The van der Waals surface area contributed by atoms with Crippen LogP contribution in [0.1, 0.15) is 38.1 Å². The van der Waals surface area contributed by atoms with Crippen LogP contribution in [-0.4, -0.2) is 17.5 Å². The van der Waals surface area contributed by atoms with Gasteiger partial charge in [-0.25, -0.2) is 9.59 Å². The van der Waals surface area contributed by atoms with E-state index >= 15 is 0 Å². The molecule has 3 aromatic rings. The van der Waals surface area contributed by atoms with Gasteiger partial charge in [0.25, 0.3) is 5.75 Å². The second-order valence-electron chi connectivity index (χ2n) is 7.24. The number of hydrogen-bond acceptors (Lipinski definition) is 7. The van der Waals surface area contributed by atoms with Gasteiger partial charge < -0.3 is 18.6 Å². The van der Waals surface area contributed by atoms with Crippen molar-refractivity contribution in [2.75, 3.05) is 0 Å². The average molecular weight is 396 g/mol. The first-order chi connectivity index (χ1) is 13.7. The van der Waals surface area contributed by atoms with Crippen LogP contribution in [0, 0.1) is 0 Å². The van der Waals surface area contributed by atoms with E-state index in [-0.39, 0.29) is 22.3 Å². The number of hydrogen-bond donors (Lipinski definition) is 0. The number of rotatable bonds is 4. The first-order valence-electron chi connectivity index (χ1n) is 8.90. The molecule has 0 aliphatic rings. The zero-order valence-electron chi connectivity index (χ0n) is 16.5. The van der Waals surface area contributed by atoms with E-state index in [2.05, 4.69) is 0 Å². The van der Waals surface area contributed by atoms with Gasteiger partial charge in [0.15, 0.2) is 17.1 Å². The fourth-order valence-corrected chi connectivity index (χ4v) is 2.62. The summed E-state index contributed by atoms with van der Waals surface area (Å²) in [4.78, 5) is 36.7. The van der Waals surface area contributed by atoms with Crippen molar-refractivity contribution in [2.24, 2.45) is 0 Å². The van der Waals surface area contributed by atoms with Gasteiger partial charge in [0.2, 0.25) is 0 Å². The Labute approximate surface area is 166 Å². The molecule has 150 valence electrons. The zero-order valence-corrected chi connectivity index (χ0v) is 16.5. The summed E-state index contributed by atoms with van der Waals surface area (Å²) in [5.41, 5.74) is -1.22. The van der Waals surface area contributed by atoms with Gasteiger partial charge in [-0.15, -0.1) is 0 Å². The summed E-state index contributed by atoms with van der Waals surface area (Å²) in [7, 11) is 0. The molecule has 1 heterocycles. The van der Waals surface area contributed by atoms with Crippen molar-refractivity contribution in [3.8, 4) is 17.2 Å². The van der Waals surface area contributed by atoms with Gasteiger partial charge in [-0.2, -0.15) is 0 Å². The molecule has 0 saturated carbocycles. The Balaban J connectivity index is 2.17. The van der Waals surface area contributed by atoms with Crippen LogP contribution in [0.15, 0.2) is 57.7 Å². The minimum atomic E-state index is -0.969. The van der Waals surface area contributed by atoms with Crippen molar-refractivity contribution in [3.05, 3.63) is 64.5 Å². The number of esters is 2. The van der Waals surface area contributed by atoms with Gasteiger partial charge in [-0.3, -0.25) is 4.79 Å². The number of fused-ring (bicyclic) bond motifs is 1. The molecule has 0 unspecified atom stereocenters. The molecule has 0 N–H and O–H groups in total. The third-order valence-electron chi connectivity index (χ3n) is 3.68. The molecule has 0 spiro atoms. The molecule has 0 aliphatic heterocycles. The van der Waals surface area contributed by atoms with E-state index in [1.165, 1.54) is 19.1 Å². The van der Waals surface area contributed by atoms with E-state index in [4.69, 9.17) is 18.6 Å². The molecule has 0 amide bonds. The number of benzene rings is 2. The monoisotopic (exact) mass is 396 g/mol. The van der Waals surface area contributed by atoms with Crippen LogP contribution in [-0.2, 0) is 4.79 Å². The lowest BCUT2D eigenvalue weighted by Gasteiger charge is -2.22. The fraction of sp³-hybridized carbons (Fsp3) is 0.227. The maximum absolute atomic E-state index is 12.6. The third-order valence-corrected chi connectivity index (χ3v) is 3.68. The van der Waals surface area contributed by atoms with Crippen molar-refractivity contribution in [1.29, 1.82) is 0 Å². The topological polar surface area (TPSA) is 92.0 Å². The van der Waals surface area contributed by atoms with E-state index in [1.807, 2.05) is 20.8 Å². The summed E-state index contributed by atoms with van der Waals surface area (Å²) in [6, 6.07) is 13.0. The summed E-state index contributed by atoms with van der Waals surface area (Å²) >= 11 is 0. The number of carbonyl (C=O) groups excluding carboxylic acids is 2. The Morgan fingerprint density at radius 1 is 0.897 bits per heavy atom. The number of ether oxygens (including phenoxy) is 3. The zero-order chi connectivity index (χ0) is 21.2. The molecule has 3 rings (SSSR count). The minimum absolute atomic E-state index is 0.0863. The standard InChI is InChI=1S/C22H20O7/c1-13(23)26-18-15-11-8-12-16(29-22(2,3)4)17(15)27-21(25)19(18)28-20(24)14-9-6-5-7-10-14/h5-12H,1-4H3. The molecule has 29 heavy (non-hydrogen) atoms. The molecular weight excluding hydrogens is 376 g/mol. The van der Waals surface area contributed by atoms with Crippen LogP contribution in [0.5, 0.6) is 17.2 Å². The van der Waals surface area contributed by atoms with E-state index in [1.54, 1.807) is 36.4 Å². The van der Waals surface area contributed by atoms with Crippen LogP contribution < -0.4 is 19.8 Å². The molecule has 0 aliphatic carbocycles. The molecule has 0 radical (unpaired) electrons. The Kier molecular flexibility index (Phi) is 5.41. The van der Waals surface area contributed by atoms with Crippen LogP contribution in [0.3, 0.4) is 0 Å². The SMILES string of the molecule is CC(=O)Oc1c(OC(=O)c2ccccc2)c(=O)oc2c(OC(C)(C)C)cccc12. The Morgan fingerprint density at radius 2 is 1.59 bits per heavy atom. The first kappa shape index (κ1) is 20.1. The van der Waals surface area contributed by atoms with Crippen molar-refractivity contribution < 1.29 is 28.2 Å². The number of para-hydroxylation sites is 1. The summed E-state index contributed by atoms with van der Waals surface area (Å²) in [5, 5.41) is 0.261. The van der Waals surface area contributed by atoms with Crippen molar-refractivity contribution in [2.45, 2.75) is 33.3 Å². The normalized spacial score (nSPS) is 11.2. The first-order valence-corrected chi connectivity index (χ1v) is 8.90. The van der Waals surface area contributed by atoms with Gasteiger partial charge in [0.1, 0.15) is 5.60 Å². The molecule has 2 aromatic carbocycles. The van der Waals surface area contributed by atoms with Crippen molar-refractivity contribution in [3.63, 3.8) is 0 Å². The molecule has 0 fully saturated rings. The average Bonchev–Trinajstić information content (AvgIpc) is 2.64. The van der Waals surface area contributed by atoms with E-state index in [9.17, 15) is 14.4 Å². The fourth-order valence-electron chi connectivity index (χ4n) is 2.62. The van der Waals surface area contributed by atoms with Crippen molar-refractivity contribution >= 4 is 22.9 Å². The molecule has 0 bridgehead atoms. The van der Waals surface area contributed by atoms with Gasteiger partial charge in [0.05, 0.1) is 10.9 Å². The lowest BCUT2D eigenvalue weighted by Crippen LogP contribution is -2.23. The van der Waals surface area contributed by atoms with Crippen LogP contribution in [0.2, 0.25) is 0 Å². The molecule has 0 saturated heterocycles. The van der Waals surface area contributed by atoms with Gasteiger partial charge in [0, 0.05) is 6.92 Å². The summed E-state index contributed by atoms with van der Waals surface area (Å²) in [6.45, 7) is 6.70. The molecule has 7 nitrogen and oxygen atoms in total. The second-order valence-corrected chi connectivity index (χ2v) is 7.24. The van der Waals surface area contributed by atoms with Crippen LogP contribution >= 0.6 is 0 Å². The maximum atomic E-state index is 12.6. The summed E-state index contributed by atoms with van der Waals surface area (Å²) in [6.07, 6.45) is 0. The van der Waals surface area contributed by atoms with Crippen LogP contribution in [0.4, 0.5) is 0 Å². The van der Waals surface area contributed by atoms with E-state index in [0.29, 0.717) is 5.75 Å². The predicted molar refractivity (Wildman–Crippen MR) is 106 cm³/mol. The summed E-state index contributed by atoms with van der Waals surface area (Å²) < 4.78 is 21.7. The highest BCUT2D eigenvalue weighted by molar-refractivity contribution is 5.95. The smallest absolute Gasteiger partial charge is 0.383 e. The molecular formula is C22H20O7. The molecule has 1 aromatic heterocycles. The Hall–Kier alpha value is -3.61. The summed E-state index contributed by atoms with van der Waals surface area (Å²) in [5.74, 6) is -1.88. The quantitative estimate of drug-likeness (QED) is 0.484. The molecule has 0 atom stereocenters. The van der Waals surface area contributed by atoms with Crippen molar-refractivity contribution in [1.82, 2.24) is 0 Å². The predicted octanol–water partition coefficient (Wildman–Crippen LogP) is 4.11. The van der Waals surface area contributed by atoms with Gasteiger partial charge >= 0.3 is 17.6 Å². The highest BCUT2D eigenvalue weighted by Gasteiger charge is 2.25. The number of carbonyl (C=O) groups is 2. The Morgan fingerprint density at radius 3 is 2.21 bits per heavy atom. The van der Waals surface area contributed by atoms with Crippen LogP contribution in [0.25, 0.3) is 11.0 Å². The maximum Gasteiger partial charge on any atom is 0.383 e. The Bertz CT molecular complexity index is 1120. The van der Waals surface area contributed by atoms with Gasteiger partial charge in [-0.05, 0) is 45.0 Å². The molecule has 7 heteroatoms. The highest BCUT2D eigenvalue weighted by Crippen LogP contribution is 2.38. The highest BCUT2D eigenvalue weighted by atomic mass is 16.6. The lowest BCUT2D eigenvalue weighted by molar-refractivity contribution is -0.131.